The molecule has 41 heavy (non-hydrogen) atoms. The molecule has 0 radical (unpaired) electrons. The van der Waals surface area contributed by atoms with Crippen LogP contribution < -0.4 is 10.1 Å². The number of halogens is 3. The average molecular weight is 602 g/mol. The van der Waals surface area contributed by atoms with Gasteiger partial charge in [0.05, 0.1) is 27.2 Å². The Balaban J connectivity index is 1.72. The van der Waals surface area contributed by atoms with Gasteiger partial charge in [0.2, 0.25) is 5.60 Å². The Labute approximate surface area is 236 Å². The first kappa shape index (κ1) is 32.3. The van der Waals surface area contributed by atoms with E-state index in [9.17, 15) is 37.2 Å². The zero-order valence-electron chi connectivity index (χ0n) is 23.3. The van der Waals surface area contributed by atoms with E-state index in [1.807, 2.05) is 0 Å². The summed E-state index contributed by atoms with van der Waals surface area (Å²) < 4.78 is 69.7. The number of aromatic nitrogens is 1. The molecule has 14 heteroatoms. The number of nitrogens with one attached hydrogen (secondary N) is 1. The maximum absolute atomic E-state index is 14.1. The van der Waals surface area contributed by atoms with Gasteiger partial charge in [-0.25, -0.2) is 9.00 Å². The van der Waals surface area contributed by atoms with Gasteiger partial charge in [0.25, 0.3) is 5.91 Å². The van der Waals surface area contributed by atoms with Crippen LogP contribution in [0.15, 0.2) is 47.0 Å². The van der Waals surface area contributed by atoms with Crippen molar-refractivity contribution in [2.45, 2.75) is 76.5 Å². The quantitative estimate of drug-likeness (QED) is 0.400. The van der Waals surface area contributed by atoms with Crippen molar-refractivity contribution in [3.05, 3.63) is 53.9 Å². The van der Waals surface area contributed by atoms with E-state index in [4.69, 9.17) is 9.47 Å². The zero-order valence-corrected chi connectivity index (χ0v) is 24.1. The SMILES string of the molecule is CC(C)(C)OC(=O)N[C@H]1CCS(=O)(CCC(O)(c2ccc(Oc3ccc(C(C)(C)O)cc3)cn2)C(F)(F)F)=NC1=O. The number of rotatable bonds is 8. The maximum Gasteiger partial charge on any atom is 0.423 e. The first-order valence-electron chi connectivity index (χ1n) is 12.7. The highest BCUT2D eigenvalue weighted by Gasteiger charge is 2.56. The monoisotopic (exact) mass is 601 g/mol. The predicted octanol–water partition coefficient (Wildman–Crippen LogP) is 4.53. The number of nitrogens with zero attached hydrogens (tertiary/aromatic N) is 2. The van der Waals surface area contributed by atoms with Crippen LogP contribution in [0.4, 0.5) is 18.0 Å². The van der Waals surface area contributed by atoms with Gasteiger partial charge in [-0.2, -0.15) is 17.5 Å². The van der Waals surface area contributed by atoms with Crippen LogP contribution in [0.25, 0.3) is 0 Å². The van der Waals surface area contributed by atoms with Crippen molar-refractivity contribution in [2.75, 3.05) is 11.5 Å². The Morgan fingerprint density at radius 3 is 2.15 bits per heavy atom. The summed E-state index contributed by atoms with van der Waals surface area (Å²) in [5.74, 6) is -1.51. The lowest BCUT2D eigenvalue weighted by Gasteiger charge is -2.31. The van der Waals surface area contributed by atoms with Crippen molar-refractivity contribution < 1.29 is 46.7 Å². The molecule has 226 valence electrons. The lowest BCUT2D eigenvalue weighted by molar-refractivity contribution is -0.268. The first-order valence-corrected chi connectivity index (χ1v) is 14.6. The Bertz CT molecular complexity index is 1380. The van der Waals surface area contributed by atoms with Gasteiger partial charge in [0.1, 0.15) is 23.1 Å². The van der Waals surface area contributed by atoms with Crippen molar-refractivity contribution in [3.8, 4) is 11.5 Å². The van der Waals surface area contributed by atoms with Crippen LogP contribution in [0.3, 0.4) is 0 Å². The average Bonchev–Trinajstić information content (AvgIpc) is 2.83. The Morgan fingerprint density at radius 2 is 1.66 bits per heavy atom. The fraction of sp³-hybridized carbons (Fsp3) is 0.519. The number of ether oxygens (including phenoxy) is 2. The van der Waals surface area contributed by atoms with Crippen molar-refractivity contribution in [1.29, 1.82) is 0 Å². The number of carbonyl (C=O) groups is 2. The summed E-state index contributed by atoms with van der Waals surface area (Å²) in [6, 6.07) is 7.45. The van der Waals surface area contributed by atoms with E-state index in [0.717, 1.165) is 12.3 Å². The first-order chi connectivity index (χ1) is 18.7. The molecule has 0 saturated carbocycles. The lowest BCUT2D eigenvalue weighted by Crippen LogP contribution is -2.47. The van der Waals surface area contributed by atoms with Crippen LogP contribution >= 0.6 is 0 Å². The highest BCUT2D eigenvalue weighted by molar-refractivity contribution is 7.93. The molecule has 1 aliphatic heterocycles. The van der Waals surface area contributed by atoms with E-state index in [-0.39, 0.29) is 17.9 Å². The summed E-state index contributed by atoms with van der Waals surface area (Å²) in [6.45, 7) is 8.11. The third-order valence-electron chi connectivity index (χ3n) is 6.18. The molecule has 0 spiro atoms. The molecule has 1 aromatic carbocycles. The van der Waals surface area contributed by atoms with E-state index < -0.39 is 68.6 Å². The van der Waals surface area contributed by atoms with E-state index in [0.29, 0.717) is 11.3 Å². The summed E-state index contributed by atoms with van der Waals surface area (Å²) in [5, 5.41) is 23.1. The summed E-state index contributed by atoms with van der Waals surface area (Å²) in [5.41, 5.74) is -5.48. The van der Waals surface area contributed by atoms with Gasteiger partial charge < -0.3 is 25.0 Å². The lowest BCUT2D eigenvalue weighted by atomic mass is 9.95. The molecule has 10 nitrogen and oxygen atoms in total. The van der Waals surface area contributed by atoms with Crippen LogP contribution in [0, 0.1) is 0 Å². The molecule has 3 atom stereocenters. The van der Waals surface area contributed by atoms with E-state index in [1.165, 1.54) is 6.07 Å². The maximum atomic E-state index is 14.1. The second-order valence-corrected chi connectivity index (χ2v) is 13.8. The molecule has 3 rings (SSSR count). The number of aliphatic hydroxyl groups is 2. The van der Waals surface area contributed by atoms with E-state index in [1.54, 1.807) is 58.9 Å². The summed E-state index contributed by atoms with van der Waals surface area (Å²) in [7, 11) is -3.45. The van der Waals surface area contributed by atoms with Crippen LogP contribution in [-0.4, -0.2) is 60.7 Å². The van der Waals surface area contributed by atoms with Gasteiger partial charge >= 0.3 is 12.3 Å². The van der Waals surface area contributed by atoms with Crippen molar-refractivity contribution >= 4 is 21.7 Å². The van der Waals surface area contributed by atoms with Gasteiger partial charge in [0.15, 0.2) is 0 Å². The molecule has 0 fully saturated rings. The summed E-state index contributed by atoms with van der Waals surface area (Å²) in [6.07, 6.45) is -6.24. The minimum absolute atomic E-state index is 0.0941. The van der Waals surface area contributed by atoms with Crippen molar-refractivity contribution in [1.82, 2.24) is 10.3 Å². The summed E-state index contributed by atoms with van der Waals surface area (Å²) in [4.78, 5) is 28.1. The third kappa shape index (κ3) is 8.39. The smallest absolute Gasteiger partial charge is 0.423 e. The molecule has 1 aliphatic rings. The highest BCUT2D eigenvalue weighted by Crippen LogP contribution is 2.42. The number of alkyl carbamates (subject to hydrolysis) is 1. The van der Waals surface area contributed by atoms with Crippen LogP contribution in [0.2, 0.25) is 0 Å². The topological polar surface area (TPSA) is 147 Å². The van der Waals surface area contributed by atoms with E-state index >= 15 is 0 Å². The normalized spacial score (nSPS) is 21.4. The predicted molar refractivity (Wildman–Crippen MR) is 144 cm³/mol. The molecule has 3 N–H and O–H groups in total. The Hall–Kier alpha value is -3.23. The Morgan fingerprint density at radius 1 is 1.05 bits per heavy atom. The third-order valence-corrected chi connectivity index (χ3v) is 8.41. The van der Waals surface area contributed by atoms with Crippen LogP contribution in [-0.2, 0) is 30.5 Å². The molecule has 2 amide bonds. The fourth-order valence-electron chi connectivity index (χ4n) is 3.90. The largest absolute Gasteiger partial charge is 0.456 e. The van der Waals surface area contributed by atoms with Gasteiger partial charge in [-0.1, -0.05) is 12.1 Å². The van der Waals surface area contributed by atoms with Crippen molar-refractivity contribution in [2.24, 2.45) is 4.36 Å². The Kier molecular flexibility index (Phi) is 9.11. The second-order valence-electron chi connectivity index (χ2n) is 11.3. The number of benzene rings is 1. The number of carbonyl (C=O) groups excluding carboxylic acids is 2. The van der Waals surface area contributed by atoms with Gasteiger partial charge in [-0.05, 0) is 70.9 Å². The molecule has 2 unspecified atom stereocenters. The molecule has 0 saturated heterocycles. The molecule has 2 aromatic rings. The molecule has 2 heterocycles. The highest BCUT2D eigenvalue weighted by atomic mass is 32.2. The van der Waals surface area contributed by atoms with Gasteiger partial charge in [-0.15, -0.1) is 0 Å². The fourth-order valence-corrected chi connectivity index (χ4v) is 5.96. The molecule has 0 aliphatic carbocycles. The minimum Gasteiger partial charge on any atom is -0.456 e. The zero-order chi connectivity index (χ0) is 30.9. The summed E-state index contributed by atoms with van der Waals surface area (Å²) >= 11 is 0. The number of hydrogen-bond donors (Lipinski definition) is 3. The molecular weight excluding hydrogens is 567 g/mol. The number of amides is 2. The van der Waals surface area contributed by atoms with Crippen LogP contribution in [0.5, 0.6) is 11.5 Å². The minimum atomic E-state index is -5.19. The number of pyridine rings is 1. The van der Waals surface area contributed by atoms with Crippen molar-refractivity contribution in [3.63, 3.8) is 0 Å². The molecule has 0 bridgehead atoms. The number of alkyl halides is 3. The van der Waals surface area contributed by atoms with Gasteiger partial charge in [-0.3, -0.25) is 9.78 Å². The standard InChI is InChI=1S/C27H34F3N3O7S/c1-24(2,3)40-23(35)32-20-12-14-41(38,33-22(20)34)15-13-26(37,27(28,29)30)21-11-10-19(16-31-21)39-18-8-6-17(7-9-18)25(4,5)36/h6-11,16,20,36-37H,12-15H2,1-5H3,(H,32,35)/t20-,26?,41?/m0/s1. The number of hydrogen-bond acceptors (Lipinski definition) is 8. The molecular formula is C27H34F3N3O7S. The van der Waals surface area contributed by atoms with Crippen LogP contribution in [0.1, 0.15) is 58.7 Å². The van der Waals surface area contributed by atoms with E-state index in [2.05, 4.69) is 14.7 Å². The molecule has 1 aromatic heterocycles. The second kappa shape index (κ2) is 11.6. The van der Waals surface area contributed by atoms with Gasteiger partial charge in [0, 0.05) is 17.9 Å².